The molecule has 0 spiro atoms. The third-order valence-corrected chi connectivity index (χ3v) is 5.09. The van der Waals surface area contributed by atoms with Gasteiger partial charge in [-0.2, -0.15) is 5.10 Å². The Balaban J connectivity index is 1.60. The lowest BCUT2D eigenvalue weighted by Gasteiger charge is -2.26. The summed E-state index contributed by atoms with van der Waals surface area (Å²) in [5.74, 6) is 0.818. The maximum Gasteiger partial charge on any atom is 0.257 e. The summed E-state index contributed by atoms with van der Waals surface area (Å²) in [5, 5.41) is 5.54. The molecule has 5 nitrogen and oxygen atoms in total. The van der Waals surface area contributed by atoms with Gasteiger partial charge in [-0.25, -0.2) is 4.52 Å². The summed E-state index contributed by atoms with van der Waals surface area (Å²) in [5.41, 5.74) is 3.16. The van der Waals surface area contributed by atoms with Crippen molar-refractivity contribution in [3.63, 3.8) is 0 Å². The first-order valence-electron chi connectivity index (χ1n) is 9.06. The van der Waals surface area contributed by atoms with E-state index >= 15 is 0 Å². The Kier molecular flexibility index (Phi) is 3.52. The van der Waals surface area contributed by atoms with Crippen molar-refractivity contribution in [1.29, 1.82) is 0 Å². The molecule has 3 aromatic heterocycles. The Morgan fingerprint density at radius 2 is 1.85 bits per heavy atom. The zero-order valence-electron chi connectivity index (χ0n) is 14.4. The number of carbonyl (C=O) groups is 1. The second-order valence-corrected chi connectivity index (χ2v) is 6.77. The van der Waals surface area contributed by atoms with Crippen molar-refractivity contribution in [2.24, 2.45) is 0 Å². The fraction of sp³-hybridized carbons (Fsp3) is 0.238. The minimum atomic E-state index is 0.0708. The first kappa shape index (κ1) is 15.2. The fourth-order valence-corrected chi connectivity index (χ4v) is 3.74. The Hall–Kier alpha value is -3.08. The van der Waals surface area contributed by atoms with Gasteiger partial charge in [0, 0.05) is 18.5 Å². The normalized spacial score (nSPS) is 15.0. The summed E-state index contributed by atoms with van der Waals surface area (Å²) in [6.45, 7) is 1.67. The van der Waals surface area contributed by atoms with Crippen LogP contribution >= 0.6 is 0 Å². The minimum absolute atomic E-state index is 0.0708. The number of para-hydroxylation sites is 1. The lowest BCUT2D eigenvalue weighted by molar-refractivity contribution is 0.0726. The van der Waals surface area contributed by atoms with E-state index in [0.29, 0.717) is 5.56 Å². The average Bonchev–Trinajstić information content (AvgIpc) is 3.32. The van der Waals surface area contributed by atoms with E-state index in [-0.39, 0.29) is 5.91 Å². The van der Waals surface area contributed by atoms with Crippen molar-refractivity contribution in [2.45, 2.75) is 19.3 Å². The Morgan fingerprint density at radius 3 is 2.69 bits per heavy atom. The molecular weight excluding hydrogens is 326 g/mol. The molecule has 0 aliphatic carbocycles. The number of furan rings is 1. The molecule has 0 atom stereocenters. The number of carbonyl (C=O) groups excluding carboxylic acids is 1. The van der Waals surface area contributed by atoms with Crippen molar-refractivity contribution in [2.75, 3.05) is 13.1 Å². The molecule has 5 rings (SSSR count). The van der Waals surface area contributed by atoms with Crippen molar-refractivity contribution in [3.05, 3.63) is 60.3 Å². The summed E-state index contributed by atoms with van der Waals surface area (Å²) in [6.07, 6.45) is 5.04. The molecule has 0 radical (unpaired) electrons. The second kappa shape index (κ2) is 6.02. The molecule has 0 bridgehead atoms. The van der Waals surface area contributed by atoms with E-state index in [1.54, 1.807) is 10.7 Å². The van der Waals surface area contributed by atoms with Gasteiger partial charge in [0.25, 0.3) is 5.91 Å². The monoisotopic (exact) mass is 345 g/mol. The molecule has 1 aromatic carbocycles. The van der Waals surface area contributed by atoms with Crippen molar-refractivity contribution in [1.82, 2.24) is 14.5 Å². The number of aromatic nitrogens is 2. The number of hydrogen-bond donors (Lipinski definition) is 0. The molecule has 5 heteroatoms. The lowest BCUT2D eigenvalue weighted by atomic mass is 10.1. The van der Waals surface area contributed by atoms with Gasteiger partial charge in [-0.3, -0.25) is 4.79 Å². The summed E-state index contributed by atoms with van der Waals surface area (Å²) in [6, 6.07) is 15.8. The highest BCUT2D eigenvalue weighted by Gasteiger charge is 2.22. The number of piperidine rings is 1. The van der Waals surface area contributed by atoms with E-state index in [4.69, 9.17) is 4.42 Å². The van der Waals surface area contributed by atoms with Crippen molar-refractivity contribution < 1.29 is 9.21 Å². The molecule has 1 fully saturated rings. The van der Waals surface area contributed by atoms with Crippen LogP contribution in [-0.4, -0.2) is 33.5 Å². The molecule has 1 aliphatic rings. The van der Waals surface area contributed by atoms with Gasteiger partial charge in [0.15, 0.2) is 5.76 Å². The number of nitrogens with zero attached hydrogens (tertiary/aromatic N) is 3. The summed E-state index contributed by atoms with van der Waals surface area (Å²) < 4.78 is 7.79. The van der Waals surface area contributed by atoms with Crippen molar-refractivity contribution >= 4 is 22.4 Å². The highest BCUT2D eigenvalue weighted by Crippen LogP contribution is 2.29. The molecule has 1 amide bonds. The largest absolute Gasteiger partial charge is 0.454 e. The van der Waals surface area contributed by atoms with Crippen LogP contribution in [0.4, 0.5) is 0 Å². The van der Waals surface area contributed by atoms with Crippen LogP contribution in [0.1, 0.15) is 29.6 Å². The number of pyridine rings is 1. The predicted molar refractivity (Wildman–Crippen MR) is 100 cm³/mol. The molecule has 0 saturated carbocycles. The van der Waals surface area contributed by atoms with Gasteiger partial charge < -0.3 is 9.32 Å². The van der Waals surface area contributed by atoms with E-state index < -0.39 is 0 Å². The number of amides is 1. The van der Waals surface area contributed by atoms with Crippen LogP contribution in [0.5, 0.6) is 0 Å². The lowest BCUT2D eigenvalue weighted by Crippen LogP contribution is -2.35. The van der Waals surface area contributed by atoms with E-state index in [1.165, 1.54) is 6.42 Å². The summed E-state index contributed by atoms with van der Waals surface area (Å²) in [4.78, 5) is 14.9. The zero-order chi connectivity index (χ0) is 17.5. The highest BCUT2D eigenvalue weighted by molar-refractivity contribution is 6.01. The molecule has 4 aromatic rings. The van der Waals surface area contributed by atoms with Crippen LogP contribution < -0.4 is 0 Å². The molecule has 1 saturated heterocycles. The maximum atomic E-state index is 12.9. The quantitative estimate of drug-likeness (QED) is 0.542. The Bertz CT molecular complexity index is 1070. The van der Waals surface area contributed by atoms with Crippen LogP contribution in [0.3, 0.4) is 0 Å². The van der Waals surface area contributed by atoms with E-state index in [9.17, 15) is 4.79 Å². The van der Waals surface area contributed by atoms with Gasteiger partial charge in [0.1, 0.15) is 11.3 Å². The van der Waals surface area contributed by atoms with Crippen LogP contribution in [0.25, 0.3) is 27.9 Å². The number of likely N-dealkylation sites (tertiary alicyclic amines) is 1. The van der Waals surface area contributed by atoms with Gasteiger partial charge in [-0.05, 0) is 43.5 Å². The standard InChI is InChI=1S/C21H19N3O2/c25-21(23-11-4-1-5-12-23)16-14-22-24-17(16)8-6-9-18(24)20-13-15-7-2-3-10-19(15)26-20/h2-3,6-10,13-14H,1,4-5,11-12H2. The van der Waals surface area contributed by atoms with Gasteiger partial charge in [-0.15, -0.1) is 0 Å². The van der Waals surface area contributed by atoms with E-state index in [1.807, 2.05) is 53.4 Å². The molecule has 26 heavy (non-hydrogen) atoms. The van der Waals surface area contributed by atoms with Crippen LogP contribution in [0.2, 0.25) is 0 Å². The third kappa shape index (κ3) is 2.39. The van der Waals surface area contributed by atoms with Gasteiger partial charge in [-0.1, -0.05) is 24.3 Å². The molecule has 0 N–H and O–H groups in total. The molecule has 0 unspecified atom stereocenters. The predicted octanol–water partition coefficient (Wildman–Crippen LogP) is 4.37. The Labute approximate surface area is 150 Å². The molecule has 1 aliphatic heterocycles. The molecular formula is C21H19N3O2. The highest BCUT2D eigenvalue weighted by atomic mass is 16.3. The number of rotatable bonds is 2. The molecule has 4 heterocycles. The van der Waals surface area contributed by atoms with Crippen LogP contribution in [0, 0.1) is 0 Å². The van der Waals surface area contributed by atoms with E-state index in [2.05, 4.69) is 5.10 Å². The van der Waals surface area contributed by atoms with Gasteiger partial charge in [0.2, 0.25) is 0 Å². The number of fused-ring (bicyclic) bond motifs is 2. The first-order chi connectivity index (χ1) is 12.8. The number of benzene rings is 1. The van der Waals surface area contributed by atoms with Gasteiger partial charge in [0.05, 0.1) is 17.3 Å². The first-order valence-corrected chi connectivity index (χ1v) is 9.06. The second-order valence-electron chi connectivity index (χ2n) is 6.77. The number of hydrogen-bond acceptors (Lipinski definition) is 3. The van der Waals surface area contributed by atoms with E-state index in [0.717, 1.165) is 53.9 Å². The topological polar surface area (TPSA) is 50.8 Å². The van der Waals surface area contributed by atoms with Crippen molar-refractivity contribution in [3.8, 4) is 11.5 Å². The fourth-order valence-electron chi connectivity index (χ4n) is 3.74. The minimum Gasteiger partial charge on any atom is -0.454 e. The smallest absolute Gasteiger partial charge is 0.257 e. The SMILES string of the molecule is O=C(c1cnn2c(-c3cc4ccccc4o3)cccc12)N1CCCCC1. The third-order valence-electron chi connectivity index (χ3n) is 5.09. The Morgan fingerprint density at radius 1 is 1.00 bits per heavy atom. The molecule has 130 valence electrons. The average molecular weight is 345 g/mol. The van der Waals surface area contributed by atoms with Crippen LogP contribution in [-0.2, 0) is 0 Å². The maximum absolute atomic E-state index is 12.9. The summed E-state index contributed by atoms with van der Waals surface area (Å²) in [7, 11) is 0. The summed E-state index contributed by atoms with van der Waals surface area (Å²) >= 11 is 0. The van der Waals surface area contributed by atoms with Crippen LogP contribution in [0.15, 0.2) is 59.1 Å². The zero-order valence-corrected chi connectivity index (χ0v) is 14.4. The van der Waals surface area contributed by atoms with Gasteiger partial charge >= 0.3 is 0 Å².